The van der Waals surface area contributed by atoms with E-state index < -0.39 is 23.6 Å². The van der Waals surface area contributed by atoms with Crippen molar-refractivity contribution in [1.82, 2.24) is 0 Å². The summed E-state index contributed by atoms with van der Waals surface area (Å²) in [5.74, 6) is -1.72. The highest BCUT2D eigenvalue weighted by Crippen LogP contribution is 2.35. The second-order valence-electron chi connectivity index (χ2n) is 4.54. The quantitative estimate of drug-likeness (QED) is 0.618. The Hall–Kier alpha value is -1.79. The lowest BCUT2D eigenvalue weighted by Gasteiger charge is -2.20. The molecule has 2 amide bonds. The molecule has 1 heterocycles. The summed E-state index contributed by atoms with van der Waals surface area (Å²) in [6.45, 7) is 3.21. The van der Waals surface area contributed by atoms with E-state index in [0.717, 1.165) is 4.90 Å². The minimum absolute atomic E-state index is 0.0405. The number of anilines is 1. The van der Waals surface area contributed by atoms with Crippen molar-refractivity contribution < 1.29 is 23.9 Å². The number of hydrogen-bond acceptors (Lipinski definition) is 5. The van der Waals surface area contributed by atoms with Gasteiger partial charge >= 0.3 is 12.1 Å². The van der Waals surface area contributed by atoms with Gasteiger partial charge in [0.15, 0.2) is 0 Å². The van der Waals surface area contributed by atoms with Gasteiger partial charge in [0, 0.05) is 16.5 Å². The minimum Gasteiger partial charge on any atom is -0.463 e. The molecule has 1 fully saturated rings. The number of benzene rings is 1. The second kappa shape index (κ2) is 6.14. The summed E-state index contributed by atoms with van der Waals surface area (Å²) in [4.78, 5) is 37.5. The highest BCUT2D eigenvalue weighted by molar-refractivity contribution is 6.36. The molecule has 1 saturated heterocycles. The molecule has 6 nitrogen and oxygen atoms in total. The largest absolute Gasteiger partial charge is 0.463 e. The topological polar surface area (TPSA) is 72.9 Å². The highest BCUT2D eigenvalue weighted by atomic mass is 35.5. The van der Waals surface area contributed by atoms with Crippen LogP contribution in [-0.2, 0) is 19.1 Å². The van der Waals surface area contributed by atoms with Gasteiger partial charge in [-0.2, -0.15) is 0 Å². The lowest BCUT2D eigenvalue weighted by Crippen LogP contribution is -2.48. The number of halogens is 2. The Morgan fingerprint density at radius 2 is 1.82 bits per heavy atom. The fraction of sp³-hybridized carbons (Fsp3) is 0.357. The Labute approximate surface area is 136 Å². The third-order valence-electron chi connectivity index (χ3n) is 3.20. The molecule has 0 saturated carbocycles. The number of carbonyl (C=O) groups excluding carboxylic acids is 3. The van der Waals surface area contributed by atoms with Gasteiger partial charge in [-0.1, -0.05) is 30.1 Å². The van der Waals surface area contributed by atoms with Crippen LogP contribution < -0.4 is 4.90 Å². The summed E-state index contributed by atoms with van der Waals surface area (Å²) in [5.41, 5.74) is -1.84. The normalized spacial score (nSPS) is 21.0. The van der Waals surface area contributed by atoms with Crippen molar-refractivity contribution in [2.24, 2.45) is 0 Å². The minimum atomic E-state index is -1.97. The van der Waals surface area contributed by atoms with Crippen LogP contribution in [0.25, 0.3) is 0 Å². The molecule has 1 aromatic carbocycles. The van der Waals surface area contributed by atoms with Gasteiger partial charge in [0.25, 0.3) is 11.5 Å². The molecule has 2 rings (SSSR count). The Bertz CT molecular complexity index is 628. The fourth-order valence-corrected chi connectivity index (χ4v) is 2.65. The van der Waals surface area contributed by atoms with E-state index in [2.05, 4.69) is 0 Å². The van der Waals surface area contributed by atoms with E-state index in [-0.39, 0.29) is 28.8 Å². The molecule has 0 aliphatic carbocycles. The third-order valence-corrected chi connectivity index (χ3v) is 3.64. The summed E-state index contributed by atoms with van der Waals surface area (Å²) < 4.78 is 9.90. The number of amides is 2. The van der Waals surface area contributed by atoms with Crippen LogP contribution in [0.4, 0.5) is 10.5 Å². The maximum absolute atomic E-state index is 12.6. The summed E-state index contributed by atoms with van der Waals surface area (Å²) in [6.07, 6.45) is -1.01. The van der Waals surface area contributed by atoms with E-state index in [9.17, 15) is 14.4 Å². The first kappa shape index (κ1) is 16.6. The van der Waals surface area contributed by atoms with Crippen LogP contribution in [0.2, 0.25) is 10.0 Å². The van der Waals surface area contributed by atoms with Crippen molar-refractivity contribution >= 4 is 46.9 Å². The molecule has 22 heavy (non-hydrogen) atoms. The monoisotopic (exact) mass is 345 g/mol. The lowest BCUT2D eigenvalue weighted by atomic mass is 10.00. The maximum atomic E-state index is 12.6. The van der Waals surface area contributed by atoms with Crippen LogP contribution >= 0.6 is 23.2 Å². The first-order valence-corrected chi connectivity index (χ1v) is 7.32. The van der Waals surface area contributed by atoms with Gasteiger partial charge in [-0.05, 0) is 25.1 Å². The van der Waals surface area contributed by atoms with Gasteiger partial charge in [0.2, 0.25) is 0 Å². The Morgan fingerprint density at radius 1 is 1.23 bits per heavy atom. The zero-order chi connectivity index (χ0) is 16.5. The van der Waals surface area contributed by atoms with Crippen molar-refractivity contribution in [2.75, 3.05) is 11.5 Å². The first-order valence-electron chi connectivity index (χ1n) is 6.56. The molecular formula is C14H13Cl2NO5. The average Bonchev–Trinajstić information content (AvgIpc) is 2.70. The number of nitrogens with zero attached hydrogens (tertiary/aromatic N) is 1. The van der Waals surface area contributed by atoms with Crippen LogP contribution in [0.3, 0.4) is 0 Å². The number of imide groups is 1. The van der Waals surface area contributed by atoms with E-state index >= 15 is 0 Å². The predicted octanol–water partition coefficient (Wildman–Crippen LogP) is 3.19. The van der Waals surface area contributed by atoms with Crippen LogP contribution in [0.5, 0.6) is 0 Å². The summed E-state index contributed by atoms with van der Waals surface area (Å²) in [6, 6.07) is 4.21. The predicted molar refractivity (Wildman–Crippen MR) is 80.1 cm³/mol. The lowest BCUT2D eigenvalue weighted by molar-refractivity contribution is -0.166. The molecule has 0 aromatic heterocycles. The molecule has 1 aliphatic heterocycles. The number of hydrogen-bond donors (Lipinski definition) is 0. The molecule has 1 atom stereocenters. The van der Waals surface area contributed by atoms with Crippen LogP contribution in [0.1, 0.15) is 20.3 Å². The molecule has 0 spiro atoms. The van der Waals surface area contributed by atoms with Crippen molar-refractivity contribution in [1.29, 1.82) is 0 Å². The molecule has 1 unspecified atom stereocenters. The van der Waals surface area contributed by atoms with E-state index in [1.54, 1.807) is 13.8 Å². The fourth-order valence-electron chi connectivity index (χ4n) is 2.14. The molecule has 1 aromatic rings. The van der Waals surface area contributed by atoms with E-state index in [0.29, 0.717) is 0 Å². The smallest absolute Gasteiger partial charge is 0.423 e. The van der Waals surface area contributed by atoms with E-state index in [4.69, 9.17) is 32.7 Å². The SMILES string of the molecule is CCOC(=O)C1(CC)OC(=O)N(c2cc(Cl)cc(Cl)c2)C1=O. The number of carbonyl (C=O) groups is 3. The van der Waals surface area contributed by atoms with Gasteiger partial charge in [-0.15, -0.1) is 0 Å². The number of esters is 1. The number of ether oxygens (including phenoxy) is 2. The van der Waals surface area contributed by atoms with Crippen LogP contribution in [0, 0.1) is 0 Å². The summed E-state index contributed by atoms with van der Waals surface area (Å²) >= 11 is 11.8. The Balaban J connectivity index is 2.45. The van der Waals surface area contributed by atoms with Crippen LogP contribution in [0.15, 0.2) is 18.2 Å². The van der Waals surface area contributed by atoms with E-state index in [1.807, 2.05) is 0 Å². The summed E-state index contributed by atoms with van der Waals surface area (Å²) in [7, 11) is 0. The zero-order valence-corrected chi connectivity index (χ0v) is 13.4. The number of rotatable bonds is 4. The molecule has 1 aliphatic rings. The Morgan fingerprint density at radius 3 is 2.32 bits per heavy atom. The molecule has 118 valence electrons. The van der Waals surface area contributed by atoms with Gasteiger partial charge in [0.05, 0.1) is 12.3 Å². The highest BCUT2D eigenvalue weighted by Gasteiger charge is 2.60. The van der Waals surface area contributed by atoms with Crippen LogP contribution in [-0.4, -0.2) is 30.2 Å². The molecular weight excluding hydrogens is 333 g/mol. The summed E-state index contributed by atoms with van der Waals surface area (Å²) in [5, 5.41) is 0.487. The molecule has 0 N–H and O–H groups in total. The zero-order valence-electron chi connectivity index (χ0n) is 11.9. The van der Waals surface area contributed by atoms with Gasteiger partial charge in [-0.25, -0.2) is 14.5 Å². The molecule has 8 heteroatoms. The number of cyclic esters (lactones) is 1. The van der Waals surface area contributed by atoms with Gasteiger partial charge < -0.3 is 9.47 Å². The second-order valence-corrected chi connectivity index (χ2v) is 5.41. The molecule has 0 bridgehead atoms. The standard InChI is InChI=1S/C14H13Cl2NO5/c1-3-14(12(19)21-4-2)11(18)17(13(20)22-14)10-6-8(15)5-9(16)7-10/h5-7H,3-4H2,1-2H3. The Kier molecular flexibility index (Phi) is 4.63. The third kappa shape index (κ3) is 2.64. The average molecular weight is 346 g/mol. The molecule has 0 radical (unpaired) electrons. The van der Waals surface area contributed by atoms with E-state index in [1.165, 1.54) is 18.2 Å². The van der Waals surface area contributed by atoms with Crippen molar-refractivity contribution in [3.8, 4) is 0 Å². The van der Waals surface area contributed by atoms with Crippen molar-refractivity contribution in [3.05, 3.63) is 28.2 Å². The van der Waals surface area contributed by atoms with Crippen molar-refractivity contribution in [3.63, 3.8) is 0 Å². The maximum Gasteiger partial charge on any atom is 0.423 e. The van der Waals surface area contributed by atoms with Gasteiger partial charge in [0.1, 0.15) is 0 Å². The first-order chi connectivity index (χ1) is 10.4. The van der Waals surface area contributed by atoms with Gasteiger partial charge in [-0.3, -0.25) is 4.79 Å². The van der Waals surface area contributed by atoms with Crippen molar-refractivity contribution in [2.45, 2.75) is 25.9 Å².